The van der Waals surface area contributed by atoms with Gasteiger partial charge in [-0.1, -0.05) is 36.4 Å². The number of benzene rings is 3. The highest BCUT2D eigenvalue weighted by molar-refractivity contribution is 6.02. The fourth-order valence-electron chi connectivity index (χ4n) is 4.09. The molecule has 1 aliphatic heterocycles. The summed E-state index contributed by atoms with van der Waals surface area (Å²) >= 11 is 0. The van der Waals surface area contributed by atoms with Crippen molar-refractivity contribution in [3.63, 3.8) is 0 Å². The second kappa shape index (κ2) is 12.1. The van der Waals surface area contributed by atoms with Crippen molar-refractivity contribution in [1.29, 1.82) is 0 Å². The number of halogens is 3. The molecule has 4 rings (SSSR count). The van der Waals surface area contributed by atoms with Gasteiger partial charge in [-0.3, -0.25) is 9.59 Å². The molecule has 3 N–H and O–H groups in total. The number of rotatable bonds is 8. The first kappa shape index (κ1) is 28.4. The second-order valence-electron chi connectivity index (χ2n) is 9.26. The maximum absolute atomic E-state index is 13.1. The molecule has 40 heavy (non-hydrogen) atoms. The Morgan fingerprint density at radius 3 is 2.30 bits per heavy atom. The molecule has 208 valence electrons. The minimum atomic E-state index is -4.44. The largest absolute Gasteiger partial charge is 0.478 e. The van der Waals surface area contributed by atoms with Crippen LogP contribution < -0.4 is 20.3 Å². The molecule has 1 aliphatic rings. The molecule has 0 fully saturated rings. The summed E-state index contributed by atoms with van der Waals surface area (Å²) in [5.74, 6) is -0.410. The fourth-order valence-corrected chi connectivity index (χ4v) is 4.09. The number of anilines is 3. The van der Waals surface area contributed by atoms with Gasteiger partial charge in [-0.25, -0.2) is 0 Å². The number of hydrogen-bond acceptors (Lipinski definition) is 5. The Labute approximate surface area is 229 Å². The van der Waals surface area contributed by atoms with Crippen LogP contribution in [-0.4, -0.2) is 43.7 Å². The van der Waals surface area contributed by atoms with Crippen molar-refractivity contribution in [1.82, 2.24) is 0 Å². The Morgan fingerprint density at radius 2 is 1.70 bits per heavy atom. The van der Waals surface area contributed by atoms with Crippen LogP contribution in [0.2, 0.25) is 0 Å². The Balaban J connectivity index is 1.53. The van der Waals surface area contributed by atoms with Crippen molar-refractivity contribution in [3.8, 4) is 5.75 Å². The SMILES string of the molecule is CN(C)c1ccc(C(=CC=CC(=O)Nc2ccc3c(c2)NC(=O)C(CCO)O3)c2ccc(C(F)(F)F)cc2)cc1. The summed E-state index contributed by atoms with van der Waals surface area (Å²) in [5, 5.41) is 14.5. The fraction of sp³-hybridized carbons (Fsp3) is 0.200. The lowest BCUT2D eigenvalue weighted by Crippen LogP contribution is -2.37. The van der Waals surface area contributed by atoms with Crippen LogP contribution in [0.4, 0.5) is 30.2 Å². The summed E-state index contributed by atoms with van der Waals surface area (Å²) < 4.78 is 44.8. The molecule has 0 saturated carbocycles. The molecule has 0 aromatic heterocycles. The molecule has 2 amide bonds. The number of ether oxygens (including phenoxy) is 1. The van der Waals surface area contributed by atoms with Crippen LogP contribution in [0.25, 0.3) is 5.57 Å². The highest BCUT2D eigenvalue weighted by Gasteiger charge is 2.30. The first-order chi connectivity index (χ1) is 19.0. The number of allylic oxidation sites excluding steroid dienone is 2. The van der Waals surface area contributed by atoms with Gasteiger partial charge in [-0.2, -0.15) is 13.2 Å². The van der Waals surface area contributed by atoms with Crippen LogP contribution in [0.15, 0.2) is 85.0 Å². The number of aliphatic hydroxyl groups is 1. The zero-order valence-electron chi connectivity index (χ0n) is 21.8. The molecule has 7 nitrogen and oxygen atoms in total. The van der Waals surface area contributed by atoms with E-state index >= 15 is 0 Å². The standard InChI is InChI=1S/C30H28F3N3O4/c1-36(2)23-13-8-20(9-14-23)24(19-6-10-21(11-7-19)30(31,32)33)4-3-5-28(38)34-22-12-15-26-25(18-22)35-29(39)27(40-26)16-17-37/h3-15,18,27,37H,16-17H2,1-2H3,(H,34,38)(H,35,39). The molecule has 1 unspecified atom stereocenters. The van der Waals surface area contributed by atoms with Crippen molar-refractivity contribution in [2.75, 3.05) is 36.2 Å². The van der Waals surface area contributed by atoms with Gasteiger partial charge >= 0.3 is 6.18 Å². The first-order valence-corrected chi connectivity index (χ1v) is 12.4. The van der Waals surface area contributed by atoms with Crippen LogP contribution in [0.5, 0.6) is 5.75 Å². The predicted octanol–water partition coefficient (Wildman–Crippen LogP) is 5.48. The highest BCUT2D eigenvalue weighted by atomic mass is 19.4. The minimum absolute atomic E-state index is 0.163. The minimum Gasteiger partial charge on any atom is -0.478 e. The smallest absolute Gasteiger partial charge is 0.416 e. The number of hydrogen-bond donors (Lipinski definition) is 3. The topological polar surface area (TPSA) is 90.9 Å². The van der Waals surface area contributed by atoms with Gasteiger partial charge in [-0.15, -0.1) is 0 Å². The summed E-state index contributed by atoms with van der Waals surface area (Å²) in [6, 6.07) is 17.2. The predicted molar refractivity (Wildman–Crippen MR) is 148 cm³/mol. The van der Waals surface area contributed by atoms with E-state index in [2.05, 4.69) is 10.6 Å². The molecule has 0 radical (unpaired) electrons. The van der Waals surface area contributed by atoms with Crippen LogP contribution in [0.1, 0.15) is 23.1 Å². The molecule has 0 saturated heterocycles. The third-order valence-corrected chi connectivity index (χ3v) is 6.19. The van der Waals surface area contributed by atoms with E-state index in [1.54, 1.807) is 24.3 Å². The zero-order chi connectivity index (χ0) is 28.9. The van der Waals surface area contributed by atoms with Crippen LogP contribution in [0, 0.1) is 0 Å². The molecular formula is C30H28F3N3O4. The number of nitrogens with zero attached hydrogens (tertiary/aromatic N) is 1. The summed E-state index contributed by atoms with van der Waals surface area (Å²) in [5.41, 5.74) is 2.98. The Kier molecular flexibility index (Phi) is 8.59. The van der Waals surface area contributed by atoms with Crippen molar-refractivity contribution in [2.45, 2.75) is 18.7 Å². The van der Waals surface area contributed by atoms with Crippen molar-refractivity contribution in [2.24, 2.45) is 0 Å². The van der Waals surface area contributed by atoms with Crippen LogP contribution >= 0.6 is 0 Å². The molecule has 0 aliphatic carbocycles. The van der Waals surface area contributed by atoms with Gasteiger partial charge in [0.1, 0.15) is 5.75 Å². The first-order valence-electron chi connectivity index (χ1n) is 12.4. The van der Waals surface area contributed by atoms with Gasteiger partial charge in [0.15, 0.2) is 6.10 Å². The van der Waals surface area contributed by atoms with E-state index in [0.29, 0.717) is 28.3 Å². The third kappa shape index (κ3) is 6.89. The monoisotopic (exact) mass is 551 g/mol. The van der Waals surface area contributed by atoms with Gasteiger partial charge in [-0.05, 0) is 59.2 Å². The lowest BCUT2D eigenvalue weighted by Gasteiger charge is -2.25. The summed E-state index contributed by atoms with van der Waals surface area (Å²) in [6.45, 7) is -0.190. The molecule has 1 heterocycles. The van der Waals surface area contributed by atoms with Crippen LogP contribution in [0.3, 0.4) is 0 Å². The quantitative estimate of drug-likeness (QED) is 0.255. The van der Waals surface area contributed by atoms with Crippen molar-refractivity contribution >= 4 is 34.4 Å². The Morgan fingerprint density at radius 1 is 1.05 bits per heavy atom. The van der Waals surface area contributed by atoms with E-state index in [9.17, 15) is 22.8 Å². The van der Waals surface area contributed by atoms with E-state index in [-0.39, 0.29) is 18.9 Å². The summed E-state index contributed by atoms with van der Waals surface area (Å²) in [6.07, 6.45) is -0.591. The number of fused-ring (bicyclic) bond motifs is 1. The van der Waals surface area contributed by atoms with Crippen molar-refractivity contribution < 1.29 is 32.6 Å². The average Bonchev–Trinajstić information content (AvgIpc) is 2.91. The molecule has 3 aromatic rings. The van der Waals surface area contributed by atoms with E-state index in [0.717, 1.165) is 23.4 Å². The number of alkyl halides is 3. The van der Waals surface area contributed by atoms with Gasteiger partial charge in [0.25, 0.3) is 5.91 Å². The molecule has 0 spiro atoms. The van der Waals surface area contributed by atoms with E-state index in [4.69, 9.17) is 9.84 Å². The molecule has 1 atom stereocenters. The maximum Gasteiger partial charge on any atom is 0.416 e. The lowest BCUT2D eigenvalue weighted by molar-refractivity contribution is -0.137. The Bertz CT molecular complexity index is 1430. The molecule has 3 aromatic carbocycles. The van der Waals surface area contributed by atoms with Gasteiger partial charge in [0, 0.05) is 44.6 Å². The van der Waals surface area contributed by atoms with E-state index in [1.165, 1.54) is 24.3 Å². The zero-order valence-corrected chi connectivity index (χ0v) is 21.8. The second-order valence-corrected chi connectivity index (χ2v) is 9.26. The normalized spacial score (nSPS) is 15.3. The molecular weight excluding hydrogens is 523 g/mol. The van der Waals surface area contributed by atoms with Crippen molar-refractivity contribution in [3.05, 3.63) is 102 Å². The number of amides is 2. The molecule has 10 heteroatoms. The lowest BCUT2D eigenvalue weighted by atomic mass is 9.96. The third-order valence-electron chi connectivity index (χ3n) is 6.19. The average molecular weight is 552 g/mol. The summed E-state index contributed by atoms with van der Waals surface area (Å²) in [4.78, 5) is 26.7. The maximum atomic E-state index is 13.1. The number of aliphatic hydroxyl groups excluding tert-OH is 1. The number of carbonyl (C=O) groups is 2. The highest BCUT2D eigenvalue weighted by Crippen LogP contribution is 2.34. The molecule has 0 bridgehead atoms. The number of nitrogens with one attached hydrogen (secondary N) is 2. The Hall–Kier alpha value is -4.57. The van der Waals surface area contributed by atoms with Crippen LogP contribution in [-0.2, 0) is 15.8 Å². The summed E-state index contributed by atoms with van der Waals surface area (Å²) in [7, 11) is 3.81. The number of carbonyl (C=O) groups excluding carboxylic acids is 2. The van der Waals surface area contributed by atoms with Gasteiger partial charge < -0.3 is 25.4 Å². The van der Waals surface area contributed by atoms with Gasteiger partial charge in [0.05, 0.1) is 11.3 Å². The van der Waals surface area contributed by atoms with E-state index < -0.39 is 23.8 Å². The van der Waals surface area contributed by atoms with Gasteiger partial charge in [0.2, 0.25) is 5.91 Å². The van der Waals surface area contributed by atoms with E-state index in [1.807, 2.05) is 43.3 Å².